The van der Waals surface area contributed by atoms with Crippen molar-refractivity contribution in [1.29, 1.82) is 0 Å². The van der Waals surface area contributed by atoms with Gasteiger partial charge < -0.3 is 14.4 Å². The van der Waals surface area contributed by atoms with Crippen LogP contribution < -0.4 is 9.80 Å². The van der Waals surface area contributed by atoms with Crippen molar-refractivity contribution < 1.29 is 19.1 Å². The van der Waals surface area contributed by atoms with Gasteiger partial charge in [-0.05, 0) is 71.0 Å². The summed E-state index contributed by atoms with van der Waals surface area (Å²) in [4.78, 5) is 29.8. The molecule has 0 bridgehead atoms. The van der Waals surface area contributed by atoms with Gasteiger partial charge in [-0.2, -0.15) is 0 Å². The van der Waals surface area contributed by atoms with Gasteiger partial charge in [-0.3, -0.25) is 4.90 Å². The van der Waals surface area contributed by atoms with Crippen LogP contribution in [0.5, 0.6) is 0 Å². The zero-order valence-corrected chi connectivity index (χ0v) is 19.7. The molecule has 32 heavy (non-hydrogen) atoms. The molecule has 0 aliphatic carbocycles. The van der Waals surface area contributed by atoms with Crippen molar-refractivity contribution in [3.05, 3.63) is 81.9 Å². The average Bonchev–Trinajstić information content (AvgIpc) is 2.75. The molecule has 168 valence electrons. The highest BCUT2D eigenvalue weighted by atomic mass is 35.5. The van der Waals surface area contributed by atoms with Crippen molar-refractivity contribution in [2.75, 3.05) is 23.0 Å². The van der Waals surface area contributed by atoms with E-state index in [0.29, 0.717) is 22.1 Å². The summed E-state index contributed by atoms with van der Waals surface area (Å²) >= 11 is 6.09. The van der Waals surface area contributed by atoms with E-state index in [-0.39, 0.29) is 24.6 Å². The van der Waals surface area contributed by atoms with Crippen LogP contribution in [0.4, 0.5) is 11.4 Å². The highest BCUT2D eigenvalue weighted by Gasteiger charge is 2.39. The van der Waals surface area contributed by atoms with Crippen molar-refractivity contribution in [3.63, 3.8) is 0 Å². The van der Waals surface area contributed by atoms with E-state index in [1.54, 1.807) is 43.0 Å². The molecule has 0 radical (unpaired) electrons. The topological polar surface area (TPSA) is 59.1 Å². The molecule has 0 saturated carbocycles. The van der Waals surface area contributed by atoms with Crippen LogP contribution in [0.2, 0.25) is 5.02 Å². The average molecular weight is 455 g/mol. The van der Waals surface area contributed by atoms with E-state index in [1.165, 1.54) is 0 Å². The van der Waals surface area contributed by atoms with Crippen LogP contribution in [0.15, 0.2) is 71.3 Å². The molecular weight excluding hydrogens is 428 g/mol. The quantitative estimate of drug-likeness (QED) is 0.532. The van der Waals surface area contributed by atoms with E-state index in [0.717, 1.165) is 11.3 Å². The molecule has 1 aliphatic rings. The number of esters is 2. The molecule has 6 nitrogen and oxygen atoms in total. The fourth-order valence-corrected chi connectivity index (χ4v) is 3.83. The second kappa shape index (κ2) is 9.92. The molecule has 0 saturated heterocycles. The van der Waals surface area contributed by atoms with Gasteiger partial charge >= 0.3 is 11.9 Å². The zero-order valence-electron chi connectivity index (χ0n) is 18.9. The number of nitrogens with zero attached hydrogens (tertiary/aromatic N) is 2. The van der Waals surface area contributed by atoms with Crippen molar-refractivity contribution >= 4 is 34.9 Å². The normalized spacial score (nSPS) is 14.1. The second-order valence-electron chi connectivity index (χ2n) is 7.29. The van der Waals surface area contributed by atoms with E-state index in [4.69, 9.17) is 21.1 Å². The van der Waals surface area contributed by atoms with Crippen LogP contribution in [0.3, 0.4) is 0 Å². The Morgan fingerprint density at radius 1 is 0.719 bits per heavy atom. The predicted molar refractivity (Wildman–Crippen MR) is 126 cm³/mol. The summed E-state index contributed by atoms with van der Waals surface area (Å²) in [5.41, 5.74) is 4.27. The number of halogens is 1. The third-order valence-corrected chi connectivity index (χ3v) is 5.37. The SMILES string of the molecule is CCOC(=O)C1=C(C)N(c2ccc(C)cc2)C(C)=C(C(=O)OCC)N1c1ccc(Cl)cc1. The van der Waals surface area contributed by atoms with Crippen LogP contribution in [0, 0.1) is 6.92 Å². The van der Waals surface area contributed by atoms with Gasteiger partial charge in [-0.15, -0.1) is 0 Å². The maximum atomic E-state index is 13.2. The Kier molecular flexibility index (Phi) is 7.26. The molecule has 0 N–H and O–H groups in total. The lowest BCUT2D eigenvalue weighted by Crippen LogP contribution is -2.42. The number of rotatable bonds is 6. The molecule has 0 amide bonds. The van der Waals surface area contributed by atoms with Gasteiger partial charge in [0.1, 0.15) is 0 Å². The molecule has 0 spiro atoms. The van der Waals surface area contributed by atoms with Gasteiger partial charge in [0.2, 0.25) is 0 Å². The minimum absolute atomic E-state index is 0.200. The van der Waals surface area contributed by atoms with Crippen molar-refractivity contribution in [3.8, 4) is 0 Å². The number of anilines is 2. The second-order valence-corrected chi connectivity index (χ2v) is 7.73. The van der Waals surface area contributed by atoms with E-state index in [9.17, 15) is 9.59 Å². The number of ether oxygens (including phenoxy) is 2. The molecule has 2 aromatic carbocycles. The minimum Gasteiger partial charge on any atom is -0.461 e. The van der Waals surface area contributed by atoms with Gasteiger partial charge in [-0.25, -0.2) is 9.59 Å². The maximum absolute atomic E-state index is 13.2. The zero-order chi connectivity index (χ0) is 23.4. The molecule has 7 heteroatoms. The predicted octanol–water partition coefficient (Wildman–Crippen LogP) is 5.56. The lowest BCUT2D eigenvalue weighted by molar-refractivity contribution is -0.139. The van der Waals surface area contributed by atoms with Gasteiger partial charge in [0.15, 0.2) is 11.4 Å². The lowest BCUT2D eigenvalue weighted by atomic mass is 10.1. The summed E-state index contributed by atoms with van der Waals surface area (Å²) < 4.78 is 10.8. The molecule has 1 aliphatic heterocycles. The van der Waals surface area contributed by atoms with E-state index < -0.39 is 11.9 Å². The molecule has 1 heterocycles. The molecular formula is C25H27ClN2O4. The summed E-state index contributed by atoms with van der Waals surface area (Å²) in [7, 11) is 0. The first-order chi connectivity index (χ1) is 15.3. The Labute approximate surface area is 193 Å². The first-order valence-electron chi connectivity index (χ1n) is 10.5. The highest BCUT2D eigenvalue weighted by Crippen LogP contribution is 2.39. The Morgan fingerprint density at radius 2 is 1.12 bits per heavy atom. The van der Waals surface area contributed by atoms with Gasteiger partial charge in [0, 0.05) is 16.4 Å². The Morgan fingerprint density at radius 3 is 1.56 bits per heavy atom. The lowest BCUT2D eigenvalue weighted by Gasteiger charge is -2.40. The van der Waals surface area contributed by atoms with E-state index in [1.807, 2.05) is 49.9 Å². The van der Waals surface area contributed by atoms with Crippen LogP contribution in [0.1, 0.15) is 33.3 Å². The minimum atomic E-state index is -0.536. The summed E-state index contributed by atoms with van der Waals surface area (Å²) in [5.74, 6) is -1.07. The molecule has 0 unspecified atom stereocenters. The van der Waals surface area contributed by atoms with Gasteiger partial charge in [0.05, 0.1) is 24.6 Å². The summed E-state index contributed by atoms with van der Waals surface area (Å²) in [6, 6.07) is 14.8. The number of carbonyl (C=O) groups is 2. The molecule has 2 aromatic rings. The molecule has 0 atom stereocenters. The first kappa shape index (κ1) is 23.4. The van der Waals surface area contributed by atoms with Gasteiger partial charge in [-0.1, -0.05) is 29.3 Å². The van der Waals surface area contributed by atoms with Gasteiger partial charge in [0.25, 0.3) is 0 Å². The third kappa shape index (κ3) is 4.50. The Balaban J connectivity index is 2.30. The number of carbonyl (C=O) groups excluding carboxylic acids is 2. The monoisotopic (exact) mass is 454 g/mol. The fraction of sp³-hybridized carbons (Fsp3) is 0.280. The molecule has 0 aromatic heterocycles. The van der Waals surface area contributed by atoms with Crippen molar-refractivity contribution in [2.45, 2.75) is 34.6 Å². The number of hydrogen-bond acceptors (Lipinski definition) is 6. The van der Waals surface area contributed by atoms with Crippen LogP contribution in [-0.2, 0) is 19.1 Å². The number of benzene rings is 2. The fourth-order valence-electron chi connectivity index (χ4n) is 3.71. The first-order valence-corrected chi connectivity index (χ1v) is 10.9. The standard InChI is InChI=1S/C25H27ClN2O4/c1-6-31-24(29)22-17(4)27(20-12-8-16(3)9-13-20)18(5)23(25(30)32-7-2)28(22)21-14-10-19(26)11-15-21/h8-15H,6-7H2,1-5H3. The number of allylic oxidation sites excluding steroid dienone is 2. The van der Waals surface area contributed by atoms with Crippen LogP contribution in [-0.4, -0.2) is 25.2 Å². The van der Waals surface area contributed by atoms with Crippen molar-refractivity contribution in [1.82, 2.24) is 0 Å². The smallest absolute Gasteiger partial charge is 0.357 e. The number of aryl methyl sites for hydroxylation is 1. The molecule has 3 rings (SSSR count). The van der Waals surface area contributed by atoms with E-state index >= 15 is 0 Å². The summed E-state index contributed by atoms with van der Waals surface area (Å²) in [6.07, 6.45) is 0. The van der Waals surface area contributed by atoms with Crippen LogP contribution in [0.25, 0.3) is 0 Å². The van der Waals surface area contributed by atoms with Crippen molar-refractivity contribution in [2.24, 2.45) is 0 Å². The largest absolute Gasteiger partial charge is 0.461 e. The van der Waals surface area contributed by atoms with Crippen LogP contribution >= 0.6 is 11.6 Å². The van der Waals surface area contributed by atoms with E-state index in [2.05, 4.69) is 0 Å². The maximum Gasteiger partial charge on any atom is 0.357 e. The number of hydrogen-bond donors (Lipinski definition) is 0. The Bertz CT molecular complexity index is 1030. The third-order valence-electron chi connectivity index (χ3n) is 5.12. The molecule has 0 fully saturated rings. The highest BCUT2D eigenvalue weighted by molar-refractivity contribution is 6.30. The Hall–Kier alpha value is -3.25. The summed E-state index contributed by atoms with van der Waals surface area (Å²) in [6.45, 7) is 9.56. The summed E-state index contributed by atoms with van der Waals surface area (Å²) in [5, 5.41) is 0.545.